The van der Waals surface area contributed by atoms with Gasteiger partial charge in [-0.05, 0) is 101 Å². The zero-order chi connectivity index (χ0) is 36.7. The Morgan fingerprint density at radius 2 is 0.827 bits per heavy atom. The lowest BCUT2D eigenvalue weighted by Gasteiger charge is -2.11. The molecule has 0 heterocycles. The molecule has 0 aliphatic rings. The van der Waals surface area contributed by atoms with Crippen molar-refractivity contribution in [3.63, 3.8) is 0 Å². The molecule has 0 N–H and O–H groups in total. The van der Waals surface area contributed by atoms with E-state index in [0.717, 1.165) is 84.7 Å². The van der Waals surface area contributed by atoms with Crippen molar-refractivity contribution in [1.29, 1.82) is 0 Å². The average molecular weight is 711 g/mol. The van der Waals surface area contributed by atoms with E-state index in [1.54, 1.807) is 12.1 Å². The molecule has 0 aliphatic heterocycles. The minimum atomic E-state index is -0.912. The van der Waals surface area contributed by atoms with Gasteiger partial charge in [0.25, 0.3) is 0 Å². The first-order valence-corrected chi connectivity index (χ1v) is 18.9. The van der Waals surface area contributed by atoms with Crippen molar-refractivity contribution < 1.29 is 27.0 Å². The van der Waals surface area contributed by atoms with Crippen molar-refractivity contribution >= 4 is 0 Å². The number of hydrogen-bond donors (Lipinski definition) is 0. The van der Waals surface area contributed by atoms with Crippen LogP contribution in [0.15, 0.2) is 97.1 Å². The van der Waals surface area contributed by atoms with Crippen LogP contribution >= 0.6 is 0 Å². The van der Waals surface area contributed by atoms with Gasteiger partial charge < -0.3 is 9.47 Å². The van der Waals surface area contributed by atoms with E-state index in [-0.39, 0.29) is 11.5 Å². The summed E-state index contributed by atoms with van der Waals surface area (Å²) >= 11 is 0. The van der Waals surface area contributed by atoms with Crippen LogP contribution in [0.2, 0.25) is 0 Å². The number of benzene rings is 5. The number of rotatable bonds is 20. The van der Waals surface area contributed by atoms with Crippen LogP contribution in [0, 0.1) is 23.3 Å². The second-order valence-electron chi connectivity index (χ2n) is 13.5. The summed E-state index contributed by atoms with van der Waals surface area (Å²) in [5, 5.41) is 0. The first-order valence-electron chi connectivity index (χ1n) is 18.9. The lowest BCUT2D eigenvalue weighted by molar-refractivity contribution is 0.284. The summed E-state index contributed by atoms with van der Waals surface area (Å²) in [6, 6.07) is 30.9. The first kappa shape index (κ1) is 38.6. The number of halogens is 4. The largest absolute Gasteiger partial charge is 0.490 e. The van der Waals surface area contributed by atoms with Crippen molar-refractivity contribution in [3.8, 4) is 33.8 Å². The maximum absolute atomic E-state index is 14.8. The highest BCUT2D eigenvalue weighted by Crippen LogP contribution is 2.29. The number of ether oxygens (including phenoxy) is 2. The van der Waals surface area contributed by atoms with Crippen LogP contribution in [0.4, 0.5) is 17.6 Å². The summed E-state index contributed by atoms with van der Waals surface area (Å²) in [6.07, 6.45) is 10.0. The second-order valence-corrected chi connectivity index (χ2v) is 13.5. The van der Waals surface area contributed by atoms with Crippen molar-refractivity contribution in [2.45, 2.75) is 90.9 Å². The van der Waals surface area contributed by atoms with E-state index in [1.807, 2.05) is 30.3 Å². The molecule has 0 saturated carbocycles. The van der Waals surface area contributed by atoms with E-state index in [1.165, 1.54) is 12.1 Å². The molecule has 274 valence electrons. The van der Waals surface area contributed by atoms with Crippen molar-refractivity contribution in [3.05, 3.63) is 143 Å². The van der Waals surface area contributed by atoms with E-state index in [2.05, 4.69) is 56.3 Å². The maximum Gasteiger partial charge on any atom is 0.200 e. The lowest BCUT2D eigenvalue weighted by Crippen LogP contribution is -2.03. The van der Waals surface area contributed by atoms with Gasteiger partial charge in [-0.1, -0.05) is 131 Å². The molecule has 0 saturated heterocycles. The molecule has 6 heteroatoms. The van der Waals surface area contributed by atoms with Crippen molar-refractivity contribution in [2.75, 3.05) is 13.2 Å². The molecular weight excluding hydrogens is 660 g/mol. The molecule has 0 unspecified atom stereocenters. The van der Waals surface area contributed by atoms with Gasteiger partial charge in [-0.25, -0.2) is 8.78 Å². The Bertz CT molecular complexity index is 1720. The van der Waals surface area contributed by atoms with Crippen LogP contribution in [-0.4, -0.2) is 13.2 Å². The highest BCUT2D eigenvalue weighted by Gasteiger charge is 2.16. The van der Waals surface area contributed by atoms with Crippen LogP contribution in [0.1, 0.15) is 87.5 Å². The molecule has 0 bridgehead atoms. The highest BCUT2D eigenvalue weighted by molar-refractivity contribution is 5.73. The monoisotopic (exact) mass is 710 g/mol. The third-order valence-electron chi connectivity index (χ3n) is 9.57. The minimum absolute atomic E-state index is 0.0223. The van der Waals surface area contributed by atoms with Gasteiger partial charge in [-0.15, -0.1) is 0 Å². The van der Waals surface area contributed by atoms with Crippen LogP contribution in [0.3, 0.4) is 0 Å². The molecule has 5 rings (SSSR count). The fourth-order valence-corrected chi connectivity index (χ4v) is 6.34. The fourth-order valence-electron chi connectivity index (χ4n) is 6.34. The molecule has 0 aromatic heterocycles. The average Bonchev–Trinajstić information content (AvgIpc) is 3.17. The van der Waals surface area contributed by atoms with E-state index < -0.39 is 23.3 Å². The third kappa shape index (κ3) is 10.7. The van der Waals surface area contributed by atoms with Crippen LogP contribution in [0.5, 0.6) is 11.5 Å². The maximum atomic E-state index is 14.8. The Hall–Kier alpha value is -4.58. The Morgan fingerprint density at radius 3 is 1.23 bits per heavy atom. The van der Waals surface area contributed by atoms with Crippen molar-refractivity contribution in [1.82, 2.24) is 0 Å². The zero-order valence-corrected chi connectivity index (χ0v) is 30.5. The van der Waals surface area contributed by atoms with E-state index >= 15 is 0 Å². The summed E-state index contributed by atoms with van der Waals surface area (Å²) in [6.45, 7) is 5.02. The lowest BCUT2D eigenvalue weighted by atomic mass is 9.96. The number of hydrogen-bond acceptors (Lipinski definition) is 2. The van der Waals surface area contributed by atoms with Gasteiger partial charge in [-0.2, -0.15) is 8.78 Å². The second kappa shape index (κ2) is 19.9. The third-order valence-corrected chi connectivity index (χ3v) is 9.57. The Balaban J connectivity index is 1.14. The molecule has 52 heavy (non-hydrogen) atoms. The standard InChI is InChI=1S/C46H50F4O2/c1-3-5-7-9-30-51-41-28-26-37(43(47)45(41)49)24-18-33-14-20-35(21-15-33)39-12-11-13-40(32-39)36-22-16-34(17-23-36)19-25-38-27-29-42(46(50)44(38)48)52-31-10-8-6-4-2/h11-17,20-23,26-29,32H,3-10,18-19,24-25,30-31H2,1-2H3. The SMILES string of the molecule is CCCCCCOc1ccc(CCc2ccc(-c3cccc(-c4ccc(CCc5ccc(OCCCCCC)c(F)c5F)cc4)c3)cc2)c(F)c1F. The van der Waals surface area contributed by atoms with E-state index in [0.29, 0.717) is 50.0 Å². The first-order chi connectivity index (χ1) is 25.4. The Labute approximate surface area is 306 Å². The molecule has 2 nitrogen and oxygen atoms in total. The van der Waals surface area contributed by atoms with Gasteiger partial charge in [0, 0.05) is 0 Å². The molecule has 0 amide bonds. The van der Waals surface area contributed by atoms with Crippen molar-refractivity contribution in [2.24, 2.45) is 0 Å². The molecule has 0 spiro atoms. The molecule has 5 aromatic rings. The zero-order valence-electron chi connectivity index (χ0n) is 30.5. The fraction of sp³-hybridized carbons (Fsp3) is 0.348. The summed E-state index contributed by atoms with van der Waals surface area (Å²) < 4.78 is 69.9. The van der Waals surface area contributed by atoms with E-state index in [4.69, 9.17) is 9.47 Å². The van der Waals surface area contributed by atoms with Gasteiger partial charge in [0.2, 0.25) is 11.6 Å². The topological polar surface area (TPSA) is 18.5 Å². The Morgan fingerprint density at radius 1 is 0.404 bits per heavy atom. The molecule has 0 radical (unpaired) electrons. The Kier molecular flexibility index (Phi) is 14.8. The summed E-state index contributed by atoms with van der Waals surface area (Å²) in [5.41, 5.74) is 7.01. The van der Waals surface area contributed by atoms with Gasteiger partial charge in [0.15, 0.2) is 23.1 Å². The number of unbranched alkanes of at least 4 members (excludes halogenated alkanes) is 6. The highest BCUT2D eigenvalue weighted by atomic mass is 19.2. The van der Waals surface area contributed by atoms with Gasteiger partial charge in [0.1, 0.15) is 0 Å². The predicted octanol–water partition coefficient (Wildman–Crippen LogP) is 13.1. The molecule has 5 aromatic carbocycles. The number of aryl methyl sites for hydroxylation is 4. The van der Waals surface area contributed by atoms with Crippen LogP contribution in [0.25, 0.3) is 22.3 Å². The molecular formula is C46H50F4O2. The normalized spacial score (nSPS) is 11.2. The van der Waals surface area contributed by atoms with Crippen LogP contribution < -0.4 is 9.47 Å². The summed E-state index contributed by atoms with van der Waals surface area (Å²) in [7, 11) is 0. The predicted molar refractivity (Wildman–Crippen MR) is 204 cm³/mol. The smallest absolute Gasteiger partial charge is 0.200 e. The van der Waals surface area contributed by atoms with E-state index in [9.17, 15) is 17.6 Å². The van der Waals surface area contributed by atoms with Crippen LogP contribution in [-0.2, 0) is 25.7 Å². The quantitative estimate of drug-likeness (QED) is 0.0591. The van der Waals surface area contributed by atoms with Gasteiger partial charge >= 0.3 is 0 Å². The summed E-state index contributed by atoms with van der Waals surface area (Å²) in [5.74, 6) is -3.53. The molecule has 0 fully saturated rings. The van der Waals surface area contributed by atoms with Gasteiger partial charge in [-0.3, -0.25) is 0 Å². The molecule has 0 atom stereocenters. The molecule has 0 aliphatic carbocycles. The summed E-state index contributed by atoms with van der Waals surface area (Å²) in [4.78, 5) is 0. The minimum Gasteiger partial charge on any atom is -0.490 e. The van der Waals surface area contributed by atoms with Gasteiger partial charge in [0.05, 0.1) is 13.2 Å².